The van der Waals surface area contributed by atoms with E-state index in [0.717, 1.165) is 6.07 Å². The molecule has 0 aliphatic heterocycles. The number of aromatic amines is 1. The van der Waals surface area contributed by atoms with Crippen molar-refractivity contribution in [3.05, 3.63) is 67.5 Å². The number of anilines is 2. The third-order valence-electron chi connectivity index (χ3n) is 3.86. The van der Waals surface area contributed by atoms with E-state index in [-0.39, 0.29) is 16.4 Å². The first kappa shape index (κ1) is 17.5. The normalized spacial score (nSPS) is 10.9. The Bertz CT molecular complexity index is 1080. The summed E-state index contributed by atoms with van der Waals surface area (Å²) in [6.07, 6.45) is 0. The van der Waals surface area contributed by atoms with Gasteiger partial charge in [0, 0.05) is 0 Å². The van der Waals surface area contributed by atoms with E-state index in [1.54, 1.807) is 19.1 Å². The Morgan fingerprint density at radius 3 is 2.52 bits per heavy atom. The van der Waals surface area contributed by atoms with Crippen LogP contribution >= 0.6 is 23.2 Å². The number of fused-ring (bicyclic) bond motifs is 1. The van der Waals surface area contributed by atoms with E-state index in [2.05, 4.69) is 10.3 Å². The SMILES string of the molecule is CC(=O)c1c(Nc2ccc(F)cc2Cl)[nH]c2c(Cl)ccc(C)c2c1=O. The summed E-state index contributed by atoms with van der Waals surface area (Å²) in [5.74, 6) is -0.748. The number of rotatable bonds is 3. The van der Waals surface area contributed by atoms with Gasteiger partial charge in [0.2, 0.25) is 5.43 Å². The Balaban J connectivity index is 2.30. The fraction of sp³-hybridized carbons (Fsp3) is 0.111. The molecule has 0 amide bonds. The smallest absolute Gasteiger partial charge is 0.202 e. The van der Waals surface area contributed by atoms with Gasteiger partial charge in [-0.3, -0.25) is 9.59 Å². The lowest BCUT2D eigenvalue weighted by Crippen LogP contribution is -2.18. The Kier molecular flexibility index (Phi) is 4.54. The van der Waals surface area contributed by atoms with Crippen molar-refractivity contribution in [2.45, 2.75) is 13.8 Å². The molecule has 0 radical (unpaired) electrons. The zero-order valence-corrected chi connectivity index (χ0v) is 14.8. The second-order valence-corrected chi connectivity index (χ2v) is 6.44. The average molecular weight is 379 g/mol. The molecule has 0 aliphatic carbocycles. The van der Waals surface area contributed by atoms with Gasteiger partial charge in [-0.2, -0.15) is 0 Å². The molecule has 0 unspecified atom stereocenters. The van der Waals surface area contributed by atoms with E-state index in [0.29, 0.717) is 27.2 Å². The van der Waals surface area contributed by atoms with E-state index in [4.69, 9.17) is 23.2 Å². The number of carbonyl (C=O) groups is 1. The lowest BCUT2D eigenvalue weighted by atomic mass is 10.0. The largest absolute Gasteiger partial charge is 0.340 e. The summed E-state index contributed by atoms with van der Waals surface area (Å²) in [5, 5.41) is 3.72. The number of Topliss-reactive ketones (excluding diaryl/α,β-unsaturated/α-hetero) is 1. The molecule has 0 bridgehead atoms. The Hall–Kier alpha value is -2.37. The van der Waals surface area contributed by atoms with Gasteiger partial charge in [-0.15, -0.1) is 0 Å². The summed E-state index contributed by atoms with van der Waals surface area (Å²) in [4.78, 5) is 27.9. The number of aromatic nitrogens is 1. The minimum absolute atomic E-state index is 0.0433. The molecule has 0 spiro atoms. The topological polar surface area (TPSA) is 62.0 Å². The highest BCUT2D eigenvalue weighted by atomic mass is 35.5. The van der Waals surface area contributed by atoms with Crippen molar-refractivity contribution in [2.75, 3.05) is 5.32 Å². The molecule has 128 valence electrons. The average Bonchev–Trinajstić information content (AvgIpc) is 2.53. The predicted octanol–water partition coefficient (Wildman–Crippen LogP) is 5.23. The number of pyridine rings is 1. The molecule has 2 aromatic carbocycles. The molecule has 0 saturated heterocycles. The summed E-state index contributed by atoms with van der Waals surface area (Å²) < 4.78 is 13.2. The molecular formula is C18H13Cl2FN2O2. The molecule has 0 fully saturated rings. The number of carbonyl (C=O) groups excluding carboxylic acids is 1. The number of benzene rings is 2. The summed E-state index contributed by atoms with van der Waals surface area (Å²) in [6, 6.07) is 7.15. The number of halogens is 3. The molecule has 2 N–H and O–H groups in total. The molecule has 1 heterocycles. The minimum atomic E-state index is -0.493. The van der Waals surface area contributed by atoms with Crippen molar-refractivity contribution >= 4 is 51.4 Å². The van der Waals surface area contributed by atoms with Crippen molar-refractivity contribution in [1.82, 2.24) is 4.98 Å². The van der Waals surface area contributed by atoms with Gasteiger partial charge >= 0.3 is 0 Å². The molecule has 0 aliphatic rings. The van der Waals surface area contributed by atoms with Crippen LogP contribution in [0.4, 0.5) is 15.9 Å². The van der Waals surface area contributed by atoms with E-state index < -0.39 is 17.0 Å². The molecule has 0 atom stereocenters. The Morgan fingerprint density at radius 1 is 1.16 bits per heavy atom. The van der Waals surface area contributed by atoms with E-state index in [1.165, 1.54) is 19.1 Å². The second-order valence-electron chi connectivity index (χ2n) is 5.62. The number of hydrogen-bond donors (Lipinski definition) is 2. The van der Waals surface area contributed by atoms with Crippen molar-refractivity contribution in [1.29, 1.82) is 0 Å². The van der Waals surface area contributed by atoms with Crippen LogP contribution in [0.5, 0.6) is 0 Å². The van der Waals surface area contributed by atoms with Crippen LogP contribution in [-0.4, -0.2) is 10.8 Å². The summed E-state index contributed by atoms with van der Waals surface area (Å²) in [7, 11) is 0. The highest BCUT2D eigenvalue weighted by Gasteiger charge is 2.19. The Morgan fingerprint density at radius 2 is 1.88 bits per heavy atom. The number of ketones is 1. The molecule has 3 rings (SSSR count). The first-order valence-corrected chi connectivity index (χ1v) is 8.13. The molecular weight excluding hydrogens is 366 g/mol. The fourth-order valence-corrected chi connectivity index (χ4v) is 3.10. The maximum atomic E-state index is 13.2. The monoisotopic (exact) mass is 378 g/mol. The number of aryl methyl sites for hydroxylation is 1. The lowest BCUT2D eigenvalue weighted by molar-refractivity contribution is 0.101. The molecule has 3 aromatic rings. The number of hydrogen-bond acceptors (Lipinski definition) is 3. The van der Waals surface area contributed by atoms with E-state index in [1.807, 2.05) is 0 Å². The predicted molar refractivity (Wildman–Crippen MR) is 99.0 cm³/mol. The third-order valence-corrected chi connectivity index (χ3v) is 4.49. The minimum Gasteiger partial charge on any atom is -0.340 e. The highest BCUT2D eigenvalue weighted by Crippen LogP contribution is 2.30. The summed E-state index contributed by atoms with van der Waals surface area (Å²) in [5.41, 5.74) is 0.997. The Labute approximate surface area is 152 Å². The summed E-state index contributed by atoms with van der Waals surface area (Å²) in [6.45, 7) is 3.06. The van der Waals surface area contributed by atoms with Crippen LogP contribution in [0.1, 0.15) is 22.8 Å². The van der Waals surface area contributed by atoms with Gasteiger partial charge in [0.25, 0.3) is 0 Å². The van der Waals surface area contributed by atoms with Gasteiger partial charge < -0.3 is 10.3 Å². The van der Waals surface area contributed by atoms with Gasteiger partial charge in [0.15, 0.2) is 5.78 Å². The molecule has 7 heteroatoms. The zero-order chi connectivity index (χ0) is 18.3. The molecule has 4 nitrogen and oxygen atoms in total. The maximum absolute atomic E-state index is 13.2. The van der Waals surface area contributed by atoms with Crippen LogP contribution in [-0.2, 0) is 0 Å². The summed E-state index contributed by atoms with van der Waals surface area (Å²) >= 11 is 12.2. The first-order chi connectivity index (χ1) is 11.8. The van der Waals surface area contributed by atoms with Gasteiger partial charge in [-0.25, -0.2) is 4.39 Å². The zero-order valence-electron chi connectivity index (χ0n) is 13.3. The van der Waals surface area contributed by atoms with Gasteiger partial charge in [-0.05, 0) is 43.7 Å². The van der Waals surface area contributed by atoms with Crippen LogP contribution in [0.3, 0.4) is 0 Å². The standard InChI is InChI=1S/C18H13Cl2FN2O2/c1-8-3-5-11(19)16-14(8)17(25)15(9(2)24)18(23-16)22-13-6-4-10(21)7-12(13)20/h3-7H,1-2H3,(H2,22,23,25). The van der Waals surface area contributed by atoms with Crippen molar-refractivity contribution in [3.8, 4) is 0 Å². The second kappa shape index (κ2) is 6.50. The van der Waals surface area contributed by atoms with Gasteiger partial charge in [-0.1, -0.05) is 29.3 Å². The van der Waals surface area contributed by atoms with Crippen LogP contribution in [0.15, 0.2) is 35.1 Å². The van der Waals surface area contributed by atoms with Crippen LogP contribution in [0.25, 0.3) is 10.9 Å². The molecule has 0 saturated carbocycles. The van der Waals surface area contributed by atoms with Crippen molar-refractivity contribution in [3.63, 3.8) is 0 Å². The first-order valence-electron chi connectivity index (χ1n) is 7.37. The fourth-order valence-electron chi connectivity index (χ4n) is 2.68. The maximum Gasteiger partial charge on any atom is 0.202 e. The van der Waals surface area contributed by atoms with Crippen LogP contribution in [0, 0.1) is 12.7 Å². The van der Waals surface area contributed by atoms with Gasteiger partial charge in [0.1, 0.15) is 17.2 Å². The van der Waals surface area contributed by atoms with Crippen LogP contribution in [0.2, 0.25) is 10.0 Å². The van der Waals surface area contributed by atoms with Crippen LogP contribution < -0.4 is 10.7 Å². The third kappa shape index (κ3) is 3.13. The van der Waals surface area contributed by atoms with E-state index in [9.17, 15) is 14.0 Å². The quantitative estimate of drug-likeness (QED) is 0.613. The highest BCUT2D eigenvalue weighted by molar-refractivity contribution is 6.35. The van der Waals surface area contributed by atoms with Crippen molar-refractivity contribution < 1.29 is 9.18 Å². The molecule has 25 heavy (non-hydrogen) atoms. The van der Waals surface area contributed by atoms with E-state index >= 15 is 0 Å². The molecule has 1 aromatic heterocycles. The number of nitrogens with one attached hydrogen (secondary N) is 2. The number of H-pyrrole nitrogens is 1. The van der Waals surface area contributed by atoms with Gasteiger partial charge in [0.05, 0.1) is 26.6 Å². The van der Waals surface area contributed by atoms with Crippen molar-refractivity contribution in [2.24, 2.45) is 0 Å². The lowest BCUT2D eigenvalue weighted by Gasteiger charge is -2.14.